The average molecular weight is 555 g/mol. The molecule has 4 aromatic rings. The van der Waals surface area contributed by atoms with E-state index in [0.717, 1.165) is 21.6 Å². The number of rotatable bonds is 9. The van der Waals surface area contributed by atoms with E-state index in [2.05, 4.69) is 55.5 Å². The molecule has 0 spiro atoms. The largest absolute Gasteiger partial charge is 0.368 e. The van der Waals surface area contributed by atoms with Crippen molar-refractivity contribution < 1.29 is 23.7 Å². The van der Waals surface area contributed by atoms with Crippen LogP contribution in [0.4, 0.5) is 0 Å². The molecule has 40 heavy (non-hydrogen) atoms. The summed E-state index contributed by atoms with van der Waals surface area (Å²) in [6.07, 6.45) is -1.91. The Bertz CT molecular complexity index is 1320. The van der Waals surface area contributed by atoms with E-state index in [0.29, 0.717) is 19.8 Å². The molecule has 0 aliphatic carbocycles. The Balaban J connectivity index is 1.30. The Labute approximate surface area is 240 Å². The van der Waals surface area contributed by atoms with Crippen LogP contribution in [-0.4, -0.2) is 36.5 Å². The number of hydrogen-bond acceptors (Lipinski definition) is 6. The molecule has 6 heteroatoms. The van der Waals surface area contributed by atoms with Crippen molar-refractivity contribution in [2.24, 2.45) is 0 Å². The van der Waals surface area contributed by atoms with Gasteiger partial charge in [-0.3, -0.25) is 0 Å². The maximum absolute atomic E-state index is 6.71. The van der Waals surface area contributed by atoms with Crippen molar-refractivity contribution in [3.8, 4) is 0 Å². The van der Waals surface area contributed by atoms with Gasteiger partial charge in [-0.2, -0.15) is 0 Å². The second-order valence-corrected chi connectivity index (χ2v) is 11.3. The summed E-state index contributed by atoms with van der Waals surface area (Å²) in [4.78, 5) is 1.11. The molecule has 0 bridgehead atoms. The van der Waals surface area contributed by atoms with Crippen molar-refractivity contribution in [1.82, 2.24) is 0 Å². The van der Waals surface area contributed by atoms with Crippen LogP contribution >= 0.6 is 11.8 Å². The van der Waals surface area contributed by atoms with Crippen molar-refractivity contribution in [3.63, 3.8) is 0 Å². The van der Waals surface area contributed by atoms with Crippen LogP contribution in [0.5, 0.6) is 0 Å². The summed E-state index contributed by atoms with van der Waals surface area (Å²) in [5.74, 6) is 0. The summed E-state index contributed by atoms with van der Waals surface area (Å²) in [6.45, 7) is 3.39. The molecular formula is C34H34O5S. The molecule has 2 aliphatic heterocycles. The fourth-order valence-corrected chi connectivity index (χ4v) is 6.20. The highest BCUT2D eigenvalue weighted by Crippen LogP contribution is 2.41. The standard InChI is InChI=1S/C34H34O5S/c1-24-17-19-28(20-18-24)40-34-32(36-22-26-13-7-3-8-14-26)31(35-21-25-11-5-2-6-12-25)30-29(38-34)23-37-33(39-30)27-15-9-4-10-16-27/h2-20,29-34H,21-23H2,1H3/t29-,30+,31+,32-,33?,34+/m1/s1. The number of ether oxygens (including phenoxy) is 5. The summed E-state index contributed by atoms with van der Waals surface area (Å²) < 4.78 is 32.9. The van der Waals surface area contributed by atoms with Gasteiger partial charge < -0.3 is 23.7 Å². The molecule has 2 fully saturated rings. The third-order valence-corrected chi connectivity index (χ3v) is 8.36. The average Bonchev–Trinajstić information content (AvgIpc) is 3.01. The van der Waals surface area contributed by atoms with E-state index in [9.17, 15) is 0 Å². The maximum Gasteiger partial charge on any atom is 0.184 e. The Hall–Kier alpha value is -2.97. The van der Waals surface area contributed by atoms with Crippen molar-refractivity contribution in [3.05, 3.63) is 138 Å². The molecule has 0 N–H and O–H groups in total. The minimum Gasteiger partial charge on any atom is -0.368 e. The molecule has 6 atom stereocenters. The van der Waals surface area contributed by atoms with E-state index in [1.807, 2.05) is 66.7 Å². The Kier molecular flexibility index (Phi) is 8.93. The number of fused-ring (bicyclic) bond motifs is 1. The van der Waals surface area contributed by atoms with Gasteiger partial charge in [0.15, 0.2) is 6.29 Å². The van der Waals surface area contributed by atoms with Crippen LogP contribution in [0.3, 0.4) is 0 Å². The highest BCUT2D eigenvalue weighted by Gasteiger charge is 2.51. The Morgan fingerprint density at radius 2 is 1.25 bits per heavy atom. The SMILES string of the molecule is Cc1ccc(S[C@@H]2O[C@@H]3COC(c4ccccc4)O[C@@H]3[C@H](OCc3ccccc3)[C@H]2OCc2ccccc2)cc1. The summed E-state index contributed by atoms with van der Waals surface area (Å²) in [5, 5.41) is 0. The fourth-order valence-electron chi connectivity index (χ4n) is 5.07. The molecule has 1 unspecified atom stereocenters. The lowest BCUT2D eigenvalue weighted by Crippen LogP contribution is -2.62. The van der Waals surface area contributed by atoms with Crippen LogP contribution in [0.25, 0.3) is 0 Å². The first-order valence-electron chi connectivity index (χ1n) is 13.7. The normalized spacial score (nSPS) is 26.2. The number of hydrogen-bond donors (Lipinski definition) is 0. The lowest BCUT2D eigenvalue weighted by Gasteiger charge is -2.49. The van der Waals surface area contributed by atoms with Crippen molar-refractivity contribution in [2.75, 3.05) is 6.61 Å². The first-order chi connectivity index (χ1) is 19.7. The topological polar surface area (TPSA) is 46.2 Å². The third-order valence-electron chi connectivity index (χ3n) is 7.20. The van der Waals surface area contributed by atoms with Crippen molar-refractivity contribution in [2.45, 2.75) is 61.2 Å². The molecule has 6 rings (SSSR count). The molecule has 0 radical (unpaired) electrons. The zero-order valence-corrected chi connectivity index (χ0v) is 23.3. The van der Waals surface area contributed by atoms with Gasteiger partial charge in [0, 0.05) is 10.5 Å². The van der Waals surface area contributed by atoms with Crippen LogP contribution in [-0.2, 0) is 36.9 Å². The Morgan fingerprint density at radius 1 is 0.675 bits per heavy atom. The zero-order chi connectivity index (χ0) is 27.1. The van der Waals surface area contributed by atoms with Gasteiger partial charge in [0.2, 0.25) is 0 Å². The minimum absolute atomic E-state index is 0.291. The molecule has 0 amide bonds. The summed E-state index contributed by atoms with van der Waals surface area (Å²) >= 11 is 1.66. The van der Waals surface area contributed by atoms with E-state index in [-0.39, 0.29) is 29.9 Å². The first kappa shape index (κ1) is 27.2. The molecule has 0 saturated carbocycles. The second kappa shape index (κ2) is 13.1. The van der Waals surface area contributed by atoms with Gasteiger partial charge >= 0.3 is 0 Å². The molecule has 2 aliphatic rings. The van der Waals surface area contributed by atoms with Crippen LogP contribution < -0.4 is 0 Å². The van der Waals surface area contributed by atoms with E-state index >= 15 is 0 Å². The molecule has 4 aromatic carbocycles. The molecular weight excluding hydrogens is 520 g/mol. The highest BCUT2D eigenvalue weighted by atomic mass is 32.2. The van der Waals surface area contributed by atoms with Gasteiger partial charge in [0.25, 0.3) is 0 Å². The number of benzene rings is 4. The van der Waals surface area contributed by atoms with Crippen LogP contribution in [0, 0.1) is 6.92 Å². The molecule has 2 saturated heterocycles. The smallest absolute Gasteiger partial charge is 0.184 e. The second-order valence-electron chi connectivity index (χ2n) is 10.2. The van der Waals surface area contributed by atoms with Crippen LogP contribution in [0.2, 0.25) is 0 Å². The molecule has 2 heterocycles. The maximum atomic E-state index is 6.71. The van der Waals surface area contributed by atoms with E-state index in [1.54, 1.807) is 11.8 Å². The van der Waals surface area contributed by atoms with Gasteiger partial charge in [-0.15, -0.1) is 0 Å². The quantitative estimate of drug-likeness (QED) is 0.220. The number of aryl methyl sites for hydroxylation is 1. The molecule has 5 nitrogen and oxygen atoms in total. The van der Waals surface area contributed by atoms with E-state index in [1.165, 1.54) is 5.56 Å². The first-order valence-corrected chi connectivity index (χ1v) is 14.6. The zero-order valence-electron chi connectivity index (χ0n) is 22.5. The lowest BCUT2D eigenvalue weighted by atomic mass is 9.98. The lowest BCUT2D eigenvalue weighted by molar-refractivity contribution is -0.329. The fraction of sp³-hybridized carbons (Fsp3) is 0.294. The molecule has 0 aromatic heterocycles. The van der Waals surface area contributed by atoms with E-state index in [4.69, 9.17) is 23.7 Å². The minimum atomic E-state index is -0.495. The van der Waals surface area contributed by atoms with Crippen LogP contribution in [0.15, 0.2) is 120 Å². The summed E-state index contributed by atoms with van der Waals surface area (Å²) in [5.41, 5.74) is 4.08. The van der Waals surface area contributed by atoms with Gasteiger partial charge in [0.1, 0.15) is 29.9 Å². The van der Waals surface area contributed by atoms with Gasteiger partial charge in [-0.1, -0.05) is 120 Å². The van der Waals surface area contributed by atoms with Crippen LogP contribution in [0.1, 0.15) is 28.5 Å². The highest BCUT2D eigenvalue weighted by molar-refractivity contribution is 7.99. The van der Waals surface area contributed by atoms with Crippen molar-refractivity contribution >= 4 is 11.8 Å². The summed E-state index contributed by atoms with van der Waals surface area (Å²) in [7, 11) is 0. The Morgan fingerprint density at radius 3 is 1.88 bits per heavy atom. The predicted octanol–water partition coefficient (Wildman–Crippen LogP) is 7.10. The number of thioether (sulfide) groups is 1. The van der Waals surface area contributed by atoms with E-state index < -0.39 is 6.29 Å². The summed E-state index contributed by atoms with van der Waals surface area (Å²) in [6, 6.07) is 39.0. The third kappa shape index (κ3) is 6.66. The molecule has 206 valence electrons. The van der Waals surface area contributed by atoms with Gasteiger partial charge in [0.05, 0.1) is 19.8 Å². The van der Waals surface area contributed by atoms with Crippen molar-refractivity contribution in [1.29, 1.82) is 0 Å². The predicted molar refractivity (Wildman–Crippen MR) is 156 cm³/mol. The van der Waals surface area contributed by atoms with Gasteiger partial charge in [-0.25, -0.2) is 0 Å². The monoisotopic (exact) mass is 554 g/mol. The van der Waals surface area contributed by atoms with Gasteiger partial charge in [-0.05, 0) is 30.2 Å².